The molecular formula is C13H20N2O2. The van der Waals surface area contributed by atoms with E-state index >= 15 is 0 Å². The van der Waals surface area contributed by atoms with Crippen LogP contribution in [0.25, 0.3) is 0 Å². The number of rotatable bonds is 3. The fourth-order valence-corrected chi connectivity index (χ4v) is 2.93. The molecule has 1 aliphatic carbocycles. The summed E-state index contributed by atoms with van der Waals surface area (Å²) in [5.41, 5.74) is -0.485. The molecule has 0 amide bonds. The molecule has 0 radical (unpaired) electrons. The van der Waals surface area contributed by atoms with Gasteiger partial charge in [-0.05, 0) is 25.0 Å². The van der Waals surface area contributed by atoms with Gasteiger partial charge in [0.25, 0.3) is 0 Å². The van der Waals surface area contributed by atoms with E-state index in [1.165, 1.54) is 25.6 Å². The Morgan fingerprint density at radius 1 is 1.35 bits per heavy atom. The van der Waals surface area contributed by atoms with Crippen molar-refractivity contribution in [2.45, 2.75) is 37.8 Å². The summed E-state index contributed by atoms with van der Waals surface area (Å²) in [4.78, 5) is 1.85. The second-order valence-corrected chi connectivity index (χ2v) is 4.63. The monoisotopic (exact) mass is 236 g/mol. The van der Waals surface area contributed by atoms with Crippen LogP contribution >= 0.6 is 0 Å². The highest BCUT2D eigenvalue weighted by Crippen LogP contribution is 2.39. The fourth-order valence-electron chi connectivity index (χ4n) is 2.93. The molecule has 1 atom stereocenters. The number of nitrogens with zero attached hydrogens (tertiary/aromatic N) is 2. The van der Waals surface area contributed by atoms with Gasteiger partial charge in [0, 0.05) is 19.2 Å². The molecule has 0 bridgehead atoms. The Kier molecular flexibility index (Phi) is 3.84. The van der Waals surface area contributed by atoms with Crippen molar-refractivity contribution in [2.75, 3.05) is 7.11 Å². The zero-order chi connectivity index (χ0) is 12.1. The van der Waals surface area contributed by atoms with Crippen molar-refractivity contribution in [3.05, 3.63) is 24.4 Å². The number of hydrogen-bond donors (Lipinski definition) is 1. The average Bonchev–Trinajstić information content (AvgIpc) is 2.41. The molecule has 2 rings (SSSR count). The molecule has 4 nitrogen and oxygen atoms in total. The Balaban J connectivity index is 2.26. The number of hydrogen-bond acceptors (Lipinski definition) is 3. The fraction of sp³-hybridized carbons (Fsp3) is 0.615. The molecule has 1 unspecified atom stereocenters. The van der Waals surface area contributed by atoms with Crippen molar-refractivity contribution in [1.29, 1.82) is 0 Å². The predicted molar refractivity (Wildman–Crippen MR) is 66.7 cm³/mol. The Bertz CT molecular complexity index is 332. The summed E-state index contributed by atoms with van der Waals surface area (Å²) in [5.74, 6) is 0.445. The third-order valence-electron chi connectivity index (χ3n) is 3.79. The van der Waals surface area contributed by atoms with E-state index in [9.17, 15) is 0 Å². The second kappa shape index (κ2) is 5.36. The number of allylic oxidation sites excluding steroid dienone is 2. The van der Waals surface area contributed by atoms with Crippen LogP contribution in [-0.2, 0) is 4.74 Å². The van der Waals surface area contributed by atoms with Gasteiger partial charge in [-0.2, -0.15) is 0 Å². The SMILES string of the molecule is COC1(C2CCCCC2)C=CC=CN1C=NO. The molecule has 0 saturated heterocycles. The van der Waals surface area contributed by atoms with Crippen molar-refractivity contribution in [3.63, 3.8) is 0 Å². The first-order valence-corrected chi connectivity index (χ1v) is 6.20. The van der Waals surface area contributed by atoms with Crippen molar-refractivity contribution in [1.82, 2.24) is 4.90 Å². The van der Waals surface area contributed by atoms with Crippen LogP contribution in [0.15, 0.2) is 29.6 Å². The Hall–Kier alpha value is -1.29. The van der Waals surface area contributed by atoms with Gasteiger partial charge in [-0.15, -0.1) is 0 Å². The lowest BCUT2D eigenvalue weighted by Crippen LogP contribution is -2.52. The van der Waals surface area contributed by atoms with Crippen LogP contribution < -0.4 is 0 Å². The first-order chi connectivity index (χ1) is 8.33. The Morgan fingerprint density at radius 2 is 2.12 bits per heavy atom. The Morgan fingerprint density at radius 3 is 2.76 bits per heavy atom. The van der Waals surface area contributed by atoms with Crippen molar-refractivity contribution in [3.8, 4) is 0 Å². The van der Waals surface area contributed by atoms with Crippen LogP contribution in [0.3, 0.4) is 0 Å². The normalized spacial score (nSPS) is 30.3. The van der Waals surface area contributed by atoms with Gasteiger partial charge < -0.3 is 14.8 Å². The first kappa shape index (κ1) is 12.2. The predicted octanol–water partition coefficient (Wildman–Crippen LogP) is 2.71. The van der Waals surface area contributed by atoms with Crippen LogP contribution in [0.2, 0.25) is 0 Å². The van der Waals surface area contributed by atoms with Crippen LogP contribution in [0, 0.1) is 5.92 Å². The van der Waals surface area contributed by atoms with E-state index in [4.69, 9.17) is 9.94 Å². The highest BCUT2D eigenvalue weighted by Gasteiger charge is 2.42. The first-order valence-electron chi connectivity index (χ1n) is 6.20. The third kappa shape index (κ3) is 2.22. The molecule has 0 aromatic heterocycles. The maximum atomic E-state index is 8.76. The standard InChI is InChI=1S/C13H20N2O2/c1-17-13(12-7-3-2-4-8-12)9-5-6-10-15(13)11-14-16/h5-6,9-12,16H,2-4,7-8H2,1H3. The molecule has 4 heteroatoms. The highest BCUT2D eigenvalue weighted by molar-refractivity contribution is 5.58. The molecule has 1 saturated carbocycles. The largest absolute Gasteiger partial charge is 0.410 e. The molecule has 1 fully saturated rings. The van der Waals surface area contributed by atoms with Crippen LogP contribution in [0.5, 0.6) is 0 Å². The minimum atomic E-state index is -0.485. The molecule has 0 spiro atoms. The van der Waals surface area contributed by atoms with Crippen LogP contribution in [0.4, 0.5) is 0 Å². The van der Waals surface area contributed by atoms with Crippen molar-refractivity contribution < 1.29 is 9.94 Å². The maximum absolute atomic E-state index is 8.76. The topological polar surface area (TPSA) is 45.1 Å². The summed E-state index contributed by atoms with van der Waals surface area (Å²) in [6, 6.07) is 0. The van der Waals surface area contributed by atoms with Gasteiger partial charge in [-0.1, -0.05) is 30.5 Å². The van der Waals surface area contributed by atoms with Gasteiger partial charge in [0.05, 0.1) is 0 Å². The molecular weight excluding hydrogens is 216 g/mol. The van der Waals surface area contributed by atoms with Crippen molar-refractivity contribution in [2.24, 2.45) is 11.1 Å². The summed E-state index contributed by atoms with van der Waals surface area (Å²) < 4.78 is 5.77. The zero-order valence-electron chi connectivity index (χ0n) is 10.2. The lowest BCUT2D eigenvalue weighted by molar-refractivity contribution is -0.0977. The van der Waals surface area contributed by atoms with Crippen LogP contribution in [-0.4, -0.2) is 29.3 Å². The van der Waals surface area contributed by atoms with E-state index in [1.807, 2.05) is 23.3 Å². The molecule has 0 aromatic carbocycles. The minimum absolute atomic E-state index is 0.445. The van der Waals surface area contributed by atoms with Gasteiger partial charge in [0.1, 0.15) is 6.34 Å². The Labute approximate surface area is 102 Å². The van der Waals surface area contributed by atoms with E-state index in [0.29, 0.717) is 5.92 Å². The van der Waals surface area contributed by atoms with Crippen LogP contribution in [0.1, 0.15) is 32.1 Å². The number of oxime groups is 1. The summed E-state index contributed by atoms with van der Waals surface area (Å²) >= 11 is 0. The molecule has 94 valence electrons. The summed E-state index contributed by atoms with van der Waals surface area (Å²) in [6.07, 6.45) is 15.4. The summed E-state index contributed by atoms with van der Waals surface area (Å²) in [6.45, 7) is 0. The molecule has 0 aromatic rings. The molecule has 1 N–H and O–H groups in total. The third-order valence-corrected chi connectivity index (χ3v) is 3.79. The summed E-state index contributed by atoms with van der Waals surface area (Å²) in [5, 5.41) is 11.9. The maximum Gasteiger partial charge on any atom is 0.167 e. The summed E-state index contributed by atoms with van der Waals surface area (Å²) in [7, 11) is 1.72. The van der Waals surface area contributed by atoms with Gasteiger partial charge in [0.15, 0.2) is 5.72 Å². The second-order valence-electron chi connectivity index (χ2n) is 4.63. The molecule has 1 heterocycles. The van der Waals surface area contributed by atoms with E-state index in [1.54, 1.807) is 7.11 Å². The van der Waals surface area contributed by atoms with E-state index < -0.39 is 5.72 Å². The van der Waals surface area contributed by atoms with Gasteiger partial charge in [-0.3, -0.25) is 0 Å². The lowest BCUT2D eigenvalue weighted by Gasteiger charge is -2.45. The van der Waals surface area contributed by atoms with Gasteiger partial charge >= 0.3 is 0 Å². The molecule has 2 aliphatic rings. The smallest absolute Gasteiger partial charge is 0.167 e. The lowest BCUT2D eigenvalue weighted by atomic mass is 9.80. The van der Waals surface area contributed by atoms with E-state index in [2.05, 4.69) is 11.2 Å². The number of ether oxygens (including phenoxy) is 1. The van der Waals surface area contributed by atoms with Gasteiger partial charge in [0.2, 0.25) is 0 Å². The van der Waals surface area contributed by atoms with Gasteiger partial charge in [-0.25, -0.2) is 0 Å². The average molecular weight is 236 g/mol. The van der Waals surface area contributed by atoms with E-state index in [-0.39, 0.29) is 0 Å². The minimum Gasteiger partial charge on any atom is -0.410 e. The van der Waals surface area contributed by atoms with E-state index in [0.717, 1.165) is 12.8 Å². The molecule has 17 heavy (non-hydrogen) atoms. The zero-order valence-corrected chi connectivity index (χ0v) is 10.2. The highest BCUT2D eigenvalue weighted by atomic mass is 16.5. The number of methoxy groups -OCH3 is 1. The van der Waals surface area contributed by atoms with Crippen molar-refractivity contribution >= 4 is 6.34 Å². The molecule has 1 aliphatic heterocycles. The quantitative estimate of drug-likeness (QED) is 0.354.